The van der Waals surface area contributed by atoms with E-state index in [0.29, 0.717) is 0 Å². The lowest BCUT2D eigenvalue weighted by molar-refractivity contribution is 1.14. The fraction of sp³-hybridized carbons (Fsp3) is 0.0833. The third-order valence-electron chi connectivity index (χ3n) is 2.30. The van der Waals surface area contributed by atoms with Gasteiger partial charge in [0, 0.05) is 0 Å². The molecule has 0 aliphatic rings. The molecule has 5 nitrogen and oxygen atoms in total. The van der Waals surface area contributed by atoms with Crippen molar-refractivity contribution >= 4 is 40.9 Å². The van der Waals surface area contributed by atoms with Gasteiger partial charge in [-0.3, -0.25) is 5.43 Å². The van der Waals surface area contributed by atoms with Gasteiger partial charge in [0.05, 0.1) is 6.21 Å². The molecule has 2 aromatic rings. The molecule has 0 atom stereocenters. The van der Waals surface area contributed by atoms with Gasteiger partial charge in [-0.2, -0.15) is 10.1 Å². The van der Waals surface area contributed by atoms with E-state index in [1.807, 2.05) is 31.2 Å². The normalized spacial score (nSPS) is 10.9. The van der Waals surface area contributed by atoms with Crippen LogP contribution in [0.15, 0.2) is 29.4 Å². The highest BCUT2D eigenvalue weighted by Gasteiger charge is 2.07. The number of aryl methyl sites for hydroxylation is 1. The average Bonchev–Trinajstić information content (AvgIpc) is 2.35. The number of benzene rings is 1. The molecule has 0 radical (unpaired) electrons. The van der Waals surface area contributed by atoms with Crippen LogP contribution in [-0.4, -0.2) is 16.2 Å². The van der Waals surface area contributed by atoms with Gasteiger partial charge >= 0.3 is 0 Å². The van der Waals surface area contributed by atoms with E-state index in [1.54, 1.807) is 6.21 Å². The maximum absolute atomic E-state index is 5.78. The zero-order valence-electron chi connectivity index (χ0n) is 10.1. The highest BCUT2D eigenvalue weighted by molar-refractivity contribution is 6.34. The van der Waals surface area contributed by atoms with Crippen LogP contribution in [0.3, 0.4) is 0 Å². The van der Waals surface area contributed by atoms with Crippen molar-refractivity contribution in [1.82, 2.24) is 9.97 Å². The second-order valence-electron chi connectivity index (χ2n) is 3.83. The minimum absolute atomic E-state index is 0.00690. The molecule has 0 saturated carbocycles. The Labute approximate surface area is 120 Å². The number of rotatable bonds is 3. The molecule has 2 rings (SSSR count). The first-order valence-electron chi connectivity index (χ1n) is 5.40. The average molecular weight is 296 g/mol. The van der Waals surface area contributed by atoms with Gasteiger partial charge in [0.1, 0.15) is 5.69 Å². The van der Waals surface area contributed by atoms with Crippen molar-refractivity contribution in [3.8, 4) is 0 Å². The van der Waals surface area contributed by atoms with E-state index >= 15 is 0 Å². The molecule has 1 aromatic carbocycles. The molecule has 0 unspecified atom stereocenters. The second-order valence-corrected chi connectivity index (χ2v) is 4.53. The molecule has 0 aliphatic heterocycles. The number of hydrogen-bond donors (Lipinski definition) is 2. The summed E-state index contributed by atoms with van der Waals surface area (Å²) in [6, 6.07) is 7.88. The first-order chi connectivity index (χ1) is 9.06. The predicted molar refractivity (Wildman–Crippen MR) is 78.9 cm³/mol. The van der Waals surface area contributed by atoms with Crippen molar-refractivity contribution in [2.24, 2.45) is 5.10 Å². The summed E-state index contributed by atoms with van der Waals surface area (Å²) in [7, 11) is 0. The molecule has 98 valence electrons. The molecule has 0 spiro atoms. The molecule has 0 bridgehead atoms. The maximum Gasteiger partial charge on any atom is 0.225 e. The number of halogens is 2. The number of nitrogens with zero attached hydrogens (tertiary/aromatic N) is 3. The lowest BCUT2D eigenvalue weighted by Crippen LogP contribution is -2.02. The van der Waals surface area contributed by atoms with Gasteiger partial charge < -0.3 is 5.73 Å². The Balaban J connectivity index is 2.15. The SMILES string of the molecule is Cc1cccc(/C=N/Nc2nc(Cl)nc(Cl)c2N)c1. The number of hydrogen-bond acceptors (Lipinski definition) is 5. The number of anilines is 2. The largest absolute Gasteiger partial charge is 0.393 e. The van der Waals surface area contributed by atoms with E-state index in [2.05, 4.69) is 20.5 Å². The predicted octanol–water partition coefficient (Wildman–Crippen LogP) is 3.12. The molecule has 0 aliphatic carbocycles. The van der Waals surface area contributed by atoms with Crippen LogP contribution in [0.1, 0.15) is 11.1 Å². The zero-order valence-corrected chi connectivity index (χ0v) is 11.6. The number of aromatic nitrogens is 2. The van der Waals surface area contributed by atoms with Crippen LogP contribution in [0.2, 0.25) is 10.4 Å². The van der Waals surface area contributed by atoms with E-state index in [1.165, 1.54) is 0 Å². The second kappa shape index (κ2) is 5.86. The van der Waals surface area contributed by atoms with Crippen LogP contribution in [-0.2, 0) is 0 Å². The maximum atomic E-state index is 5.78. The van der Waals surface area contributed by atoms with Crippen molar-refractivity contribution in [3.63, 3.8) is 0 Å². The minimum atomic E-state index is 0.00690. The molecule has 1 aromatic heterocycles. The molecular formula is C12H11Cl2N5. The highest BCUT2D eigenvalue weighted by Crippen LogP contribution is 2.24. The van der Waals surface area contributed by atoms with E-state index in [4.69, 9.17) is 28.9 Å². The van der Waals surface area contributed by atoms with Gasteiger partial charge in [0.15, 0.2) is 11.0 Å². The van der Waals surface area contributed by atoms with Crippen LogP contribution >= 0.6 is 23.2 Å². The molecule has 0 saturated heterocycles. The summed E-state index contributed by atoms with van der Waals surface area (Å²) in [5.74, 6) is 0.272. The number of hydrazone groups is 1. The van der Waals surface area contributed by atoms with Crippen LogP contribution in [0.4, 0.5) is 11.5 Å². The van der Waals surface area contributed by atoms with Gasteiger partial charge in [-0.25, -0.2) is 4.98 Å². The first-order valence-corrected chi connectivity index (χ1v) is 6.16. The van der Waals surface area contributed by atoms with Crippen LogP contribution in [0, 0.1) is 6.92 Å². The summed E-state index contributed by atoms with van der Waals surface area (Å²) in [5, 5.41) is 4.13. The van der Waals surface area contributed by atoms with E-state index in [0.717, 1.165) is 11.1 Å². The number of nitrogen functional groups attached to an aromatic ring is 1. The summed E-state index contributed by atoms with van der Waals surface area (Å²) < 4.78 is 0. The van der Waals surface area contributed by atoms with Gasteiger partial charge in [0.2, 0.25) is 5.28 Å². The van der Waals surface area contributed by atoms with Crippen molar-refractivity contribution in [2.45, 2.75) is 6.92 Å². The summed E-state index contributed by atoms with van der Waals surface area (Å²) >= 11 is 11.5. The topological polar surface area (TPSA) is 76.2 Å². The molecule has 19 heavy (non-hydrogen) atoms. The molecule has 7 heteroatoms. The van der Waals surface area contributed by atoms with Crippen LogP contribution in [0.25, 0.3) is 0 Å². The van der Waals surface area contributed by atoms with Crippen molar-refractivity contribution < 1.29 is 0 Å². The number of nitrogens with two attached hydrogens (primary N) is 1. The molecule has 3 N–H and O–H groups in total. The first kappa shape index (κ1) is 13.6. The van der Waals surface area contributed by atoms with Crippen molar-refractivity contribution in [1.29, 1.82) is 0 Å². The fourth-order valence-electron chi connectivity index (χ4n) is 1.42. The van der Waals surface area contributed by atoms with Crippen LogP contribution < -0.4 is 11.2 Å². The Morgan fingerprint density at radius 1 is 1.32 bits per heavy atom. The Kier molecular flexibility index (Phi) is 4.19. The van der Waals surface area contributed by atoms with Gasteiger partial charge in [-0.1, -0.05) is 41.4 Å². The standard InChI is InChI=1S/C12H11Cl2N5/c1-7-3-2-4-8(5-7)6-16-19-11-9(15)10(13)17-12(14)18-11/h2-6H,15H2,1H3,(H,17,18,19)/b16-6+. The quantitative estimate of drug-likeness (QED) is 0.395. The van der Waals surface area contributed by atoms with Gasteiger partial charge in [0.25, 0.3) is 0 Å². The smallest absolute Gasteiger partial charge is 0.225 e. The monoisotopic (exact) mass is 295 g/mol. The number of nitrogens with one attached hydrogen (secondary N) is 1. The van der Waals surface area contributed by atoms with Gasteiger partial charge in [-0.05, 0) is 24.1 Å². The fourth-order valence-corrected chi connectivity index (χ4v) is 1.80. The minimum Gasteiger partial charge on any atom is -0.393 e. The Morgan fingerprint density at radius 2 is 2.11 bits per heavy atom. The lowest BCUT2D eigenvalue weighted by Gasteiger charge is -2.04. The van der Waals surface area contributed by atoms with Crippen molar-refractivity contribution in [3.05, 3.63) is 45.8 Å². The Bertz CT molecular complexity index is 628. The summed E-state index contributed by atoms with van der Waals surface area (Å²) in [4.78, 5) is 7.62. The third-order valence-corrected chi connectivity index (χ3v) is 2.76. The summed E-state index contributed by atoms with van der Waals surface area (Å²) in [5.41, 5.74) is 10.7. The lowest BCUT2D eigenvalue weighted by atomic mass is 10.2. The van der Waals surface area contributed by atoms with E-state index in [9.17, 15) is 0 Å². The highest BCUT2D eigenvalue weighted by atomic mass is 35.5. The third kappa shape index (κ3) is 3.56. The van der Waals surface area contributed by atoms with Crippen LogP contribution in [0.5, 0.6) is 0 Å². The summed E-state index contributed by atoms with van der Waals surface area (Å²) in [6.07, 6.45) is 1.65. The van der Waals surface area contributed by atoms with Crippen molar-refractivity contribution in [2.75, 3.05) is 11.2 Å². The zero-order chi connectivity index (χ0) is 13.8. The molecule has 0 fully saturated rings. The van der Waals surface area contributed by atoms with Gasteiger partial charge in [-0.15, -0.1) is 0 Å². The molecule has 1 heterocycles. The Hall–Kier alpha value is -1.85. The van der Waals surface area contributed by atoms with E-state index in [-0.39, 0.29) is 21.9 Å². The molecular weight excluding hydrogens is 285 g/mol. The molecule has 0 amide bonds. The van der Waals surface area contributed by atoms with E-state index < -0.39 is 0 Å². The Morgan fingerprint density at radius 3 is 2.84 bits per heavy atom. The summed E-state index contributed by atoms with van der Waals surface area (Å²) in [6.45, 7) is 2.01.